The summed E-state index contributed by atoms with van der Waals surface area (Å²) in [5.74, 6) is 1.15. The molecule has 238 valence electrons. The molecule has 9 nitrogen and oxygen atoms in total. The average molecular weight is 599 g/mol. The molecule has 1 aromatic heterocycles. The lowest BCUT2D eigenvalue weighted by Gasteiger charge is -2.12. The Morgan fingerprint density at radius 2 is 1.40 bits per heavy atom. The van der Waals surface area contributed by atoms with E-state index in [2.05, 4.69) is 38.7 Å². The van der Waals surface area contributed by atoms with Gasteiger partial charge in [0.05, 0.1) is 33.0 Å². The fraction of sp³-hybridized carbons (Fsp3) is 0.500. The molecular weight excluding hydrogens is 548 g/mol. The molecule has 3 rings (SSSR count). The normalized spacial score (nSPS) is 11.2. The number of esters is 2. The molecule has 0 amide bonds. The average Bonchev–Trinajstić information content (AvgIpc) is 3.28. The Morgan fingerprint density at radius 1 is 0.837 bits per heavy atom. The van der Waals surface area contributed by atoms with Crippen LogP contribution in [0.15, 0.2) is 30.3 Å². The van der Waals surface area contributed by atoms with Crippen LogP contribution in [-0.2, 0) is 19.1 Å². The first kappa shape index (κ1) is 37.0. The van der Waals surface area contributed by atoms with Gasteiger partial charge in [-0.25, -0.2) is 4.79 Å². The van der Waals surface area contributed by atoms with Crippen LogP contribution in [0.4, 0.5) is 5.69 Å². The van der Waals surface area contributed by atoms with Crippen molar-refractivity contribution in [3.63, 3.8) is 0 Å². The quantitative estimate of drug-likeness (QED) is 0.141. The fourth-order valence-electron chi connectivity index (χ4n) is 4.48. The van der Waals surface area contributed by atoms with Gasteiger partial charge in [-0.05, 0) is 74.8 Å². The van der Waals surface area contributed by atoms with E-state index in [9.17, 15) is 14.4 Å². The first-order chi connectivity index (χ1) is 20.3. The molecule has 0 spiro atoms. The summed E-state index contributed by atoms with van der Waals surface area (Å²) in [5.41, 5.74) is 11.0. The first-order valence-electron chi connectivity index (χ1n) is 14.7. The number of nitrogens with one attached hydrogen (secondary N) is 1. The summed E-state index contributed by atoms with van der Waals surface area (Å²) >= 11 is 0. The van der Waals surface area contributed by atoms with Crippen molar-refractivity contribution in [2.45, 2.75) is 80.6 Å². The zero-order valence-corrected chi connectivity index (χ0v) is 27.7. The number of H-pyrrole nitrogens is 1. The topological polar surface area (TPSA) is 130 Å². The Balaban J connectivity index is 0.000000347. The number of fused-ring (bicyclic) bond motifs is 1. The Bertz CT molecular complexity index is 1360. The largest absolute Gasteiger partial charge is 0.496 e. The second-order valence-corrected chi connectivity index (χ2v) is 10.6. The molecule has 1 heterocycles. The van der Waals surface area contributed by atoms with Crippen LogP contribution in [0.2, 0.25) is 0 Å². The molecule has 0 aliphatic heterocycles. The van der Waals surface area contributed by atoms with E-state index in [-0.39, 0.29) is 11.8 Å². The minimum atomic E-state index is -0.560. The van der Waals surface area contributed by atoms with Gasteiger partial charge >= 0.3 is 11.9 Å². The SMILES string of the molecule is CCOC(=O)C(CC)C(C)=O.CCOC(=O)c1[nH]c2cc(OC)c(C(C)C)cc2c1C.COc1cc(N)ccc1C(C)C. The highest BCUT2D eigenvalue weighted by Gasteiger charge is 2.22. The number of ketones is 1. The molecule has 0 radical (unpaired) electrons. The number of aromatic nitrogens is 1. The second kappa shape index (κ2) is 17.8. The summed E-state index contributed by atoms with van der Waals surface area (Å²) in [6, 6.07) is 9.81. The molecular formula is C34H50N2O7. The summed E-state index contributed by atoms with van der Waals surface area (Å²) < 4.78 is 20.4. The van der Waals surface area contributed by atoms with Crippen LogP contribution in [0.25, 0.3) is 10.9 Å². The summed E-state index contributed by atoms with van der Waals surface area (Å²) in [7, 11) is 3.33. The molecule has 1 atom stereocenters. The number of nitrogen functional groups attached to an aromatic ring is 1. The zero-order chi connectivity index (χ0) is 32.9. The molecule has 9 heteroatoms. The van der Waals surface area contributed by atoms with Gasteiger partial charge in [0.2, 0.25) is 0 Å². The molecule has 3 aromatic rings. The number of aryl methyl sites for hydroxylation is 1. The Kier molecular flexibility index (Phi) is 15.4. The highest BCUT2D eigenvalue weighted by molar-refractivity contribution is 5.99. The van der Waals surface area contributed by atoms with Gasteiger partial charge in [0.1, 0.15) is 28.9 Å². The molecule has 2 aromatic carbocycles. The van der Waals surface area contributed by atoms with Crippen LogP contribution >= 0.6 is 0 Å². The van der Waals surface area contributed by atoms with Crippen LogP contribution < -0.4 is 15.2 Å². The van der Waals surface area contributed by atoms with Crippen molar-refractivity contribution < 1.29 is 33.3 Å². The maximum atomic E-state index is 11.9. The van der Waals surface area contributed by atoms with Crippen molar-refractivity contribution in [2.24, 2.45) is 5.92 Å². The number of aromatic amines is 1. The molecule has 0 saturated heterocycles. The van der Waals surface area contributed by atoms with E-state index in [0.29, 0.717) is 37.2 Å². The number of methoxy groups -OCH3 is 2. The lowest BCUT2D eigenvalue weighted by atomic mass is 9.99. The van der Waals surface area contributed by atoms with Gasteiger partial charge < -0.3 is 29.7 Å². The molecule has 3 N–H and O–H groups in total. The van der Waals surface area contributed by atoms with E-state index < -0.39 is 11.9 Å². The van der Waals surface area contributed by atoms with Gasteiger partial charge in [0.15, 0.2) is 0 Å². The number of nitrogens with two attached hydrogens (primary N) is 1. The highest BCUT2D eigenvalue weighted by atomic mass is 16.5. The van der Waals surface area contributed by atoms with Gasteiger partial charge in [0, 0.05) is 23.2 Å². The van der Waals surface area contributed by atoms with Crippen molar-refractivity contribution in [1.29, 1.82) is 0 Å². The monoisotopic (exact) mass is 598 g/mol. The number of hydrogen-bond donors (Lipinski definition) is 2. The third kappa shape index (κ3) is 10.3. The minimum Gasteiger partial charge on any atom is -0.496 e. The number of benzene rings is 2. The van der Waals surface area contributed by atoms with E-state index in [1.165, 1.54) is 12.5 Å². The summed E-state index contributed by atoms with van der Waals surface area (Å²) in [5, 5.41) is 1.04. The van der Waals surface area contributed by atoms with Crippen molar-refractivity contribution >= 4 is 34.3 Å². The van der Waals surface area contributed by atoms with Gasteiger partial charge in [-0.3, -0.25) is 9.59 Å². The van der Waals surface area contributed by atoms with Gasteiger partial charge in [0.25, 0.3) is 0 Å². The Labute approximate surface area is 256 Å². The lowest BCUT2D eigenvalue weighted by molar-refractivity contribution is -0.151. The van der Waals surface area contributed by atoms with Crippen molar-refractivity contribution in [3.8, 4) is 11.5 Å². The summed E-state index contributed by atoms with van der Waals surface area (Å²) in [4.78, 5) is 36.8. The van der Waals surface area contributed by atoms with Crippen LogP contribution in [-0.4, -0.2) is 50.1 Å². The minimum absolute atomic E-state index is 0.119. The molecule has 0 aliphatic rings. The van der Waals surface area contributed by atoms with Crippen molar-refractivity contribution in [2.75, 3.05) is 33.2 Å². The van der Waals surface area contributed by atoms with Crippen LogP contribution in [0.5, 0.6) is 11.5 Å². The first-order valence-corrected chi connectivity index (χ1v) is 14.7. The number of Topliss-reactive ketones (excluding diaryl/α,β-unsaturated/α-hetero) is 1. The van der Waals surface area contributed by atoms with Gasteiger partial charge in [-0.1, -0.05) is 40.7 Å². The lowest BCUT2D eigenvalue weighted by Crippen LogP contribution is -2.23. The second-order valence-electron chi connectivity index (χ2n) is 10.6. The number of hydrogen-bond acceptors (Lipinski definition) is 8. The van der Waals surface area contributed by atoms with Crippen LogP contribution in [0.3, 0.4) is 0 Å². The van der Waals surface area contributed by atoms with Crippen molar-refractivity contribution in [3.05, 3.63) is 52.7 Å². The smallest absolute Gasteiger partial charge is 0.355 e. The van der Waals surface area contributed by atoms with E-state index in [4.69, 9.17) is 24.7 Å². The predicted octanol–water partition coefficient (Wildman–Crippen LogP) is 7.35. The molecule has 0 bridgehead atoms. The van der Waals surface area contributed by atoms with Crippen molar-refractivity contribution in [1.82, 2.24) is 4.98 Å². The maximum absolute atomic E-state index is 11.9. The van der Waals surface area contributed by atoms with E-state index in [0.717, 1.165) is 39.2 Å². The molecule has 0 saturated carbocycles. The molecule has 1 unspecified atom stereocenters. The standard InChI is InChI=1S/C16H21NO3.C10H15NO.C8H14O3/c1-6-20-16(18)15-10(4)12-7-11(9(2)3)14(19-5)8-13(12)17-15;1-7(2)9-5-4-8(11)6-10(9)12-3;1-4-7(6(3)9)8(10)11-5-2/h7-9,17H,6H2,1-5H3;4-7H,11H2,1-3H3;7H,4-5H2,1-3H3. The number of ether oxygens (including phenoxy) is 4. The molecule has 0 aliphatic carbocycles. The molecule has 43 heavy (non-hydrogen) atoms. The van der Waals surface area contributed by atoms with Crippen LogP contribution in [0, 0.1) is 12.8 Å². The van der Waals surface area contributed by atoms with Gasteiger partial charge in [-0.15, -0.1) is 0 Å². The zero-order valence-electron chi connectivity index (χ0n) is 27.7. The maximum Gasteiger partial charge on any atom is 0.355 e. The van der Waals surface area contributed by atoms with E-state index in [1.807, 2.05) is 31.2 Å². The third-order valence-corrected chi connectivity index (χ3v) is 6.86. The number of carbonyl (C=O) groups is 3. The van der Waals surface area contributed by atoms with E-state index in [1.54, 1.807) is 35.0 Å². The Hall–Kier alpha value is -4.01. The van der Waals surface area contributed by atoms with Crippen LogP contribution in [0.1, 0.15) is 101 Å². The number of anilines is 1. The predicted molar refractivity (Wildman–Crippen MR) is 172 cm³/mol. The molecule has 0 fully saturated rings. The van der Waals surface area contributed by atoms with E-state index >= 15 is 0 Å². The number of carbonyl (C=O) groups excluding carboxylic acids is 3. The fourth-order valence-corrected chi connectivity index (χ4v) is 4.48. The number of rotatable bonds is 10. The van der Waals surface area contributed by atoms with Gasteiger partial charge in [-0.2, -0.15) is 0 Å². The Morgan fingerprint density at radius 3 is 1.86 bits per heavy atom. The highest BCUT2D eigenvalue weighted by Crippen LogP contribution is 2.33. The third-order valence-electron chi connectivity index (χ3n) is 6.86. The summed E-state index contributed by atoms with van der Waals surface area (Å²) in [6.45, 7) is 17.9. The summed E-state index contributed by atoms with van der Waals surface area (Å²) in [6.07, 6.45) is 0.522.